The molecule has 0 atom stereocenters. The molecule has 2 rings (SSSR count). The number of nitrogens with zero attached hydrogens (tertiary/aromatic N) is 2. The molecule has 0 bridgehead atoms. The molecule has 2 aromatic rings. The first-order valence-corrected chi connectivity index (χ1v) is 8.91. The number of rotatable bonds is 8. The van der Waals surface area contributed by atoms with Gasteiger partial charge >= 0.3 is 0 Å². The highest BCUT2D eigenvalue weighted by Crippen LogP contribution is 2.08. The van der Waals surface area contributed by atoms with E-state index in [2.05, 4.69) is 52.9 Å². The minimum Gasteiger partial charge on any atom is -0.356 e. The fourth-order valence-corrected chi connectivity index (χ4v) is 2.43. The van der Waals surface area contributed by atoms with Crippen LogP contribution in [0.1, 0.15) is 37.3 Å². The van der Waals surface area contributed by atoms with Crippen LogP contribution in [0.15, 0.2) is 59.6 Å². The van der Waals surface area contributed by atoms with Gasteiger partial charge in [0.25, 0.3) is 0 Å². The maximum absolute atomic E-state index is 8.89. The minimum atomic E-state index is 0.657. The quantitative estimate of drug-likeness (QED) is 0.429. The van der Waals surface area contributed by atoms with Crippen LogP contribution in [-0.4, -0.2) is 19.0 Å². The zero-order valence-corrected chi connectivity index (χ0v) is 14.8. The maximum atomic E-state index is 8.89. The minimum absolute atomic E-state index is 0.657. The molecule has 0 aliphatic rings. The number of hydrogen-bond acceptors (Lipinski definition) is 2. The van der Waals surface area contributed by atoms with Crippen molar-refractivity contribution in [3.63, 3.8) is 0 Å². The van der Waals surface area contributed by atoms with Gasteiger partial charge in [0, 0.05) is 18.8 Å². The van der Waals surface area contributed by atoms with Crippen LogP contribution in [0.4, 0.5) is 5.69 Å². The van der Waals surface area contributed by atoms with Gasteiger partial charge in [-0.1, -0.05) is 50.1 Å². The molecule has 0 fully saturated rings. The van der Waals surface area contributed by atoms with E-state index in [1.165, 1.54) is 18.4 Å². The highest BCUT2D eigenvalue weighted by molar-refractivity contribution is 5.93. The van der Waals surface area contributed by atoms with Gasteiger partial charge in [0.05, 0.1) is 11.6 Å². The fourth-order valence-electron chi connectivity index (χ4n) is 2.43. The number of hydrogen-bond donors (Lipinski definition) is 2. The van der Waals surface area contributed by atoms with E-state index in [1.54, 1.807) is 12.1 Å². The lowest BCUT2D eigenvalue weighted by molar-refractivity contribution is 0.724. The summed E-state index contributed by atoms with van der Waals surface area (Å²) in [7, 11) is 0. The van der Waals surface area contributed by atoms with Gasteiger partial charge in [0.15, 0.2) is 5.96 Å². The lowest BCUT2D eigenvalue weighted by Gasteiger charge is -2.13. The molecule has 0 heterocycles. The summed E-state index contributed by atoms with van der Waals surface area (Å²) < 4.78 is 0. The number of anilines is 1. The molecular weight excluding hydrogens is 308 g/mol. The Bertz CT molecular complexity index is 684. The van der Waals surface area contributed by atoms with Gasteiger partial charge in [0.2, 0.25) is 0 Å². The number of unbranched alkanes of at least 4 members (excludes halogenated alkanes) is 2. The summed E-state index contributed by atoms with van der Waals surface area (Å²) in [5, 5.41) is 15.6. The van der Waals surface area contributed by atoms with E-state index in [0.717, 1.165) is 37.6 Å². The SMILES string of the molecule is CCCCCN=C(NCCc1ccccc1)Nc1ccc(C#N)cc1. The zero-order chi connectivity index (χ0) is 17.7. The van der Waals surface area contributed by atoms with Crippen molar-refractivity contribution in [3.05, 3.63) is 65.7 Å². The first kappa shape index (κ1) is 18.5. The molecule has 0 unspecified atom stereocenters. The average Bonchev–Trinajstić information content (AvgIpc) is 2.66. The van der Waals surface area contributed by atoms with E-state index in [0.29, 0.717) is 5.56 Å². The van der Waals surface area contributed by atoms with Gasteiger partial charge in [-0.25, -0.2) is 0 Å². The zero-order valence-electron chi connectivity index (χ0n) is 14.8. The van der Waals surface area contributed by atoms with Crippen molar-refractivity contribution in [1.29, 1.82) is 5.26 Å². The molecule has 0 aromatic heterocycles. The summed E-state index contributed by atoms with van der Waals surface area (Å²) in [6, 6.07) is 20.0. The van der Waals surface area contributed by atoms with E-state index >= 15 is 0 Å². The van der Waals surface area contributed by atoms with E-state index in [4.69, 9.17) is 5.26 Å². The Morgan fingerprint density at radius 1 is 1.04 bits per heavy atom. The van der Waals surface area contributed by atoms with Crippen molar-refractivity contribution in [1.82, 2.24) is 5.32 Å². The lowest BCUT2D eigenvalue weighted by Crippen LogP contribution is -2.32. The van der Waals surface area contributed by atoms with E-state index in [1.807, 2.05) is 18.2 Å². The Labute approximate surface area is 150 Å². The largest absolute Gasteiger partial charge is 0.356 e. The number of nitrogens with one attached hydrogen (secondary N) is 2. The Kier molecular flexibility index (Phi) is 8.07. The summed E-state index contributed by atoms with van der Waals surface area (Å²) in [6.45, 7) is 3.82. The van der Waals surface area contributed by atoms with Crippen molar-refractivity contribution in [2.75, 3.05) is 18.4 Å². The molecule has 2 aromatic carbocycles. The Morgan fingerprint density at radius 2 is 1.80 bits per heavy atom. The Balaban J connectivity index is 1.92. The van der Waals surface area contributed by atoms with Crippen molar-refractivity contribution in [2.24, 2.45) is 4.99 Å². The van der Waals surface area contributed by atoms with Gasteiger partial charge in [-0.2, -0.15) is 5.26 Å². The van der Waals surface area contributed by atoms with Crippen molar-refractivity contribution in [3.8, 4) is 6.07 Å². The third kappa shape index (κ3) is 7.09. The number of guanidine groups is 1. The summed E-state index contributed by atoms with van der Waals surface area (Å²) in [5.74, 6) is 0.789. The summed E-state index contributed by atoms with van der Waals surface area (Å²) in [5.41, 5.74) is 2.89. The van der Waals surface area contributed by atoms with Crippen LogP contribution in [0, 0.1) is 11.3 Å². The molecule has 0 radical (unpaired) electrons. The molecular formula is C21H26N4. The first-order chi connectivity index (χ1) is 12.3. The maximum Gasteiger partial charge on any atom is 0.195 e. The second kappa shape index (κ2) is 10.9. The predicted molar refractivity (Wildman–Crippen MR) is 105 cm³/mol. The van der Waals surface area contributed by atoms with Crippen LogP contribution in [0.25, 0.3) is 0 Å². The van der Waals surface area contributed by atoms with Crippen molar-refractivity contribution >= 4 is 11.6 Å². The standard InChI is InChI=1S/C21H26N4/c1-2-3-7-15-23-21(24-16-14-18-8-5-4-6-9-18)25-20-12-10-19(17-22)11-13-20/h4-6,8-13H,2-3,7,14-16H2,1H3,(H2,23,24,25). The van der Waals surface area contributed by atoms with E-state index < -0.39 is 0 Å². The fraction of sp³-hybridized carbons (Fsp3) is 0.333. The molecule has 25 heavy (non-hydrogen) atoms. The molecule has 4 nitrogen and oxygen atoms in total. The lowest BCUT2D eigenvalue weighted by atomic mass is 10.1. The van der Waals surface area contributed by atoms with Crippen molar-refractivity contribution < 1.29 is 0 Å². The molecule has 0 aliphatic heterocycles. The normalized spacial score (nSPS) is 11.0. The molecule has 130 valence electrons. The molecule has 0 saturated heterocycles. The highest BCUT2D eigenvalue weighted by Gasteiger charge is 2.01. The van der Waals surface area contributed by atoms with Crippen LogP contribution in [-0.2, 0) is 6.42 Å². The predicted octanol–water partition coefficient (Wildman–Crippen LogP) is 4.35. The molecule has 0 amide bonds. The van der Waals surface area contributed by atoms with Crippen molar-refractivity contribution in [2.45, 2.75) is 32.6 Å². The molecule has 4 heteroatoms. The number of nitriles is 1. The van der Waals surface area contributed by atoms with E-state index in [-0.39, 0.29) is 0 Å². The van der Waals surface area contributed by atoms with Gasteiger partial charge in [-0.05, 0) is 42.7 Å². The first-order valence-electron chi connectivity index (χ1n) is 8.91. The van der Waals surface area contributed by atoms with Crippen LogP contribution in [0.2, 0.25) is 0 Å². The van der Waals surface area contributed by atoms with E-state index in [9.17, 15) is 0 Å². The summed E-state index contributed by atoms with van der Waals surface area (Å²) >= 11 is 0. The number of aliphatic imine (C=N–C) groups is 1. The third-order valence-electron chi connectivity index (χ3n) is 3.86. The summed E-state index contributed by atoms with van der Waals surface area (Å²) in [6.07, 6.45) is 4.42. The summed E-state index contributed by atoms with van der Waals surface area (Å²) in [4.78, 5) is 4.66. The Morgan fingerprint density at radius 3 is 2.48 bits per heavy atom. The highest BCUT2D eigenvalue weighted by atomic mass is 15.2. The third-order valence-corrected chi connectivity index (χ3v) is 3.86. The molecule has 0 saturated carbocycles. The van der Waals surface area contributed by atoms with Crippen LogP contribution >= 0.6 is 0 Å². The average molecular weight is 334 g/mol. The Hall–Kier alpha value is -2.80. The van der Waals surface area contributed by atoms with Gasteiger partial charge < -0.3 is 10.6 Å². The molecule has 2 N–H and O–H groups in total. The van der Waals surface area contributed by atoms with Crippen LogP contribution in [0.5, 0.6) is 0 Å². The smallest absolute Gasteiger partial charge is 0.195 e. The molecule has 0 spiro atoms. The van der Waals surface area contributed by atoms with Gasteiger partial charge in [0.1, 0.15) is 0 Å². The number of benzene rings is 2. The van der Waals surface area contributed by atoms with Crippen LogP contribution < -0.4 is 10.6 Å². The second-order valence-electron chi connectivity index (χ2n) is 5.91. The van der Waals surface area contributed by atoms with Crippen LogP contribution in [0.3, 0.4) is 0 Å². The van der Waals surface area contributed by atoms with Gasteiger partial charge in [-0.15, -0.1) is 0 Å². The monoisotopic (exact) mass is 334 g/mol. The second-order valence-corrected chi connectivity index (χ2v) is 5.91. The van der Waals surface area contributed by atoms with Gasteiger partial charge in [-0.3, -0.25) is 4.99 Å². The molecule has 0 aliphatic carbocycles. The topological polar surface area (TPSA) is 60.2 Å².